The van der Waals surface area contributed by atoms with Gasteiger partial charge in [0.25, 0.3) is 11.5 Å². The van der Waals surface area contributed by atoms with Crippen molar-refractivity contribution in [2.45, 2.75) is 31.1 Å². The number of amides is 2. The van der Waals surface area contributed by atoms with Crippen LogP contribution in [0.25, 0.3) is 10.9 Å². The highest BCUT2D eigenvalue weighted by atomic mass is 32.2. The monoisotopic (exact) mass is 539 g/mol. The van der Waals surface area contributed by atoms with Crippen molar-refractivity contribution in [2.75, 3.05) is 13.2 Å². The molecule has 1 fully saturated rings. The van der Waals surface area contributed by atoms with E-state index < -0.39 is 32.3 Å². The third-order valence-corrected chi connectivity index (χ3v) is 8.32. The van der Waals surface area contributed by atoms with Crippen LogP contribution < -0.4 is 20.3 Å². The Balaban J connectivity index is 1.53. The molecule has 38 heavy (non-hydrogen) atoms. The molecule has 0 radical (unpaired) electrons. The van der Waals surface area contributed by atoms with E-state index >= 15 is 0 Å². The van der Waals surface area contributed by atoms with Crippen molar-refractivity contribution >= 4 is 32.9 Å². The van der Waals surface area contributed by atoms with Gasteiger partial charge in [-0.15, -0.1) is 0 Å². The summed E-state index contributed by atoms with van der Waals surface area (Å²) in [7, 11) is -2.62. The first-order chi connectivity index (χ1) is 18.1. The maximum Gasteiger partial charge on any atom is 0.420 e. The molecule has 4 rings (SSSR count). The second kappa shape index (κ2) is 10.5. The van der Waals surface area contributed by atoms with Crippen molar-refractivity contribution < 1.29 is 27.5 Å². The molecule has 1 aliphatic rings. The number of nitrogens with one attached hydrogen (secondary N) is 2. The lowest BCUT2D eigenvalue weighted by Gasteiger charge is -2.18. The third-order valence-electron chi connectivity index (χ3n) is 6.22. The van der Waals surface area contributed by atoms with Crippen LogP contribution in [-0.4, -0.2) is 47.9 Å². The van der Waals surface area contributed by atoms with Gasteiger partial charge in [-0.1, -0.05) is 12.1 Å². The summed E-state index contributed by atoms with van der Waals surface area (Å²) >= 11 is 0. The molecular formula is C25H25N5O7S. The maximum absolute atomic E-state index is 13.1. The molecule has 1 saturated carbocycles. The molecule has 2 N–H and O–H groups in total. The van der Waals surface area contributed by atoms with Crippen LogP contribution in [0.3, 0.4) is 0 Å². The zero-order valence-electron chi connectivity index (χ0n) is 20.7. The Hall–Kier alpha value is -4.44. The number of aryl methyl sites for hydroxylation is 1. The van der Waals surface area contributed by atoms with Crippen molar-refractivity contribution in [3.63, 3.8) is 0 Å². The van der Waals surface area contributed by atoms with E-state index in [9.17, 15) is 22.8 Å². The smallest absolute Gasteiger partial charge is 0.420 e. The van der Waals surface area contributed by atoms with E-state index in [4.69, 9.17) is 10.00 Å². The van der Waals surface area contributed by atoms with Crippen LogP contribution in [0.2, 0.25) is 0 Å². The summed E-state index contributed by atoms with van der Waals surface area (Å²) in [5.41, 5.74) is 0.857. The second-order valence-corrected chi connectivity index (χ2v) is 10.8. The van der Waals surface area contributed by atoms with Crippen LogP contribution in [0.5, 0.6) is 5.88 Å². The van der Waals surface area contributed by atoms with E-state index in [1.807, 2.05) is 10.8 Å². The van der Waals surface area contributed by atoms with E-state index in [0.29, 0.717) is 10.9 Å². The molecule has 1 aliphatic carbocycles. The number of aromatic nitrogens is 2. The fraction of sp³-hybridized carbons (Fsp3) is 0.320. The zero-order valence-corrected chi connectivity index (χ0v) is 21.5. The van der Waals surface area contributed by atoms with Gasteiger partial charge in [0.15, 0.2) is 0 Å². The van der Waals surface area contributed by atoms with E-state index in [0.717, 1.165) is 5.56 Å². The summed E-state index contributed by atoms with van der Waals surface area (Å²) in [6, 6.07) is 11.7. The predicted molar refractivity (Wildman–Crippen MR) is 136 cm³/mol. The number of benzene rings is 1. The molecule has 2 aromatic heterocycles. The van der Waals surface area contributed by atoms with Gasteiger partial charge >= 0.3 is 6.09 Å². The number of pyridine rings is 2. The first-order valence-corrected chi connectivity index (χ1v) is 13.2. The molecule has 0 atom stereocenters. The fourth-order valence-corrected chi connectivity index (χ4v) is 5.20. The highest BCUT2D eigenvalue weighted by molar-refractivity contribution is 7.91. The van der Waals surface area contributed by atoms with Gasteiger partial charge in [0.2, 0.25) is 15.9 Å². The van der Waals surface area contributed by atoms with Gasteiger partial charge in [-0.25, -0.2) is 22.9 Å². The summed E-state index contributed by atoms with van der Waals surface area (Å²) in [4.78, 5) is 41.7. The lowest BCUT2D eigenvalue weighted by Crippen LogP contribution is -2.43. The summed E-state index contributed by atoms with van der Waals surface area (Å²) in [5.74, 6) is -0.562. The molecular weight excluding hydrogens is 514 g/mol. The summed E-state index contributed by atoms with van der Waals surface area (Å²) in [6.07, 6.45) is 0.907. The minimum absolute atomic E-state index is 0.0178. The molecule has 1 aromatic carbocycles. The van der Waals surface area contributed by atoms with Gasteiger partial charge in [0.1, 0.15) is 22.4 Å². The summed E-state index contributed by atoms with van der Waals surface area (Å²) in [5, 5.41) is 12.1. The molecule has 0 bridgehead atoms. The molecule has 3 aromatic rings. The van der Waals surface area contributed by atoms with Crippen LogP contribution in [-0.2, 0) is 28.4 Å². The van der Waals surface area contributed by atoms with Crippen molar-refractivity contribution in [1.82, 2.24) is 19.6 Å². The van der Waals surface area contributed by atoms with Crippen LogP contribution in [0, 0.1) is 11.3 Å². The molecule has 2 amide bonds. The van der Waals surface area contributed by atoms with Crippen molar-refractivity contribution in [2.24, 2.45) is 7.05 Å². The summed E-state index contributed by atoms with van der Waals surface area (Å²) < 4.78 is 37.6. The molecule has 13 heteroatoms. The van der Waals surface area contributed by atoms with Gasteiger partial charge in [-0.3, -0.25) is 9.59 Å². The molecule has 2 heterocycles. The molecule has 0 aliphatic heterocycles. The van der Waals surface area contributed by atoms with E-state index in [2.05, 4.69) is 15.0 Å². The van der Waals surface area contributed by atoms with Crippen LogP contribution in [0.4, 0.5) is 4.79 Å². The number of ether oxygens (including phenoxy) is 2. The minimum Gasteiger partial charge on any atom is -0.474 e. The lowest BCUT2D eigenvalue weighted by atomic mass is 10.1. The quantitative estimate of drug-likeness (QED) is 0.411. The molecule has 198 valence electrons. The van der Waals surface area contributed by atoms with Crippen LogP contribution in [0.1, 0.15) is 41.3 Å². The Bertz CT molecular complexity index is 1600. The number of carbonyl (C=O) groups is 2. The average Bonchev–Trinajstić information content (AvgIpc) is 3.70. The number of hydrogen-bond acceptors (Lipinski definition) is 9. The second-order valence-electron chi connectivity index (χ2n) is 8.77. The summed E-state index contributed by atoms with van der Waals surface area (Å²) in [6.45, 7) is 1.44. The zero-order chi connectivity index (χ0) is 27.5. The molecule has 0 spiro atoms. The average molecular weight is 540 g/mol. The maximum atomic E-state index is 13.1. The first kappa shape index (κ1) is 26.6. The topological polar surface area (TPSA) is 169 Å². The Morgan fingerprint density at radius 2 is 1.92 bits per heavy atom. The molecule has 0 unspecified atom stereocenters. The number of fused-ring (bicyclic) bond motifs is 1. The van der Waals surface area contributed by atoms with Crippen molar-refractivity contribution in [3.05, 3.63) is 69.6 Å². The Morgan fingerprint density at radius 1 is 1.21 bits per heavy atom. The molecule has 12 nitrogen and oxygen atoms in total. The number of rotatable bonds is 9. The number of nitriles is 1. The SMILES string of the molecule is CCOC(=O)NS(=O)(=O)C1(COc2nccc3cc(C(=O)NCc4ccc(C#N)cc4)c(=O)n(C)c23)CC1. The van der Waals surface area contributed by atoms with Crippen LogP contribution >= 0.6 is 0 Å². The van der Waals surface area contributed by atoms with E-state index in [1.54, 1.807) is 37.3 Å². The lowest BCUT2D eigenvalue weighted by molar-refractivity contribution is 0.0949. The highest BCUT2D eigenvalue weighted by Gasteiger charge is 2.56. The fourth-order valence-electron chi connectivity index (χ4n) is 3.85. The molecule has 0 saturated heterocycles. The van der Waals surface area contributed by atoms with E-state index in [-0.39, 0.29) is 49.6 Å². The number of carbonyl (C=O) groups excluding carboxylic acids is 2. The Kier molecular flexibility index (Phi) is 7.36. The Morgan fingerprint density at radius 3 is 2.55 bits per heavy atom. The standard InChI is InChI=1S/C25H25N5O7S/c1-3-36-24(33)29-38(34,35)25(9-10-25)15-37-22-20-18(8-11-27-22)12-19(23(32)30(20)2)21(31)28-14-17-6-4-16(13-26)5-7-17/h4-8,11-12H,3,9-10,14-15H2,1-2H3,(H,28,31)(H,29,33). The van der Waals surface area contributed by atoms with Gasteiger partial charge in [-0.2, -0.15) is 5.26 Å². The minimum atomic E-state index is -4.08. The third kappa shape index (κ3) is 5.30. The van der Waals surface area contributed by atoms with E-state index in [1.165, 1.54) is 23.9 Å². The highest BCUT2D eigenvalue weighted by Crippen LogP contribution is 2.43. The number of sulfonamides is 1. The van der Waals surface area contributed by atoms with Gasteiger partial charge in [-0.05, 0) is 49.6 Å². The van der Waals surface area contributed by atoms with Crippen molar-refractivity contribution in [1.29, 1.82) is 5.26 Å². The van der Waals surface area contributed by atoms with Gasteiger partial charge < -0.3 is 19.4 Å². The van der Waals surface area contributed by atoms with Crippen LogP contribution in [0.15, 0.2) is 47.4 Å². The normalized spacial score (nSPS) is 13.8. The van der Waals surface area contributed by atoms with Crippen molar-refractivity contribution in [3.8, 4) is 11.9 Å². The largest absolute Gasteiger partial charge is 0.474 e. The predicted octanol–water partition coefficient (Wildman–Crippen LogP) is 1.72. The first-order valence-electron chi connectivity index (χ1n) is 11.7. The number of hydrogen-bond donors (Lipinski definition) is 2. The van der Waals surface area contributed by atoms with Gasteiger partial charge in [0, 0.05) is 25.2 Å². The van der Waals surface area contributed by atoms with Gasteiger partial charge in [0.05, 0.1) is 18.2 Å². The Labute approximate surface area is 218 Å². The number of nitrogens with zero attached hydrogens (tertiary/aromatic N) is 3.